The van der Waals surface area contributed by atoms with Crippen molar-refractivity contribution >= 4 is 17.7 Å². The maximum atomic E-state index is 12.4. The number of nitrogens with one attached hydrogen (secondary N) is 1. The Balaban J connectivity index is 2.02. The highest BCUT2D eigenvalue weighted by Gasteiger charge is 2.41. The van der Waals surface area contributed by atoms with Crippen LogP contribution in [-0.2, 0) is 30.5 Å². The zero-order valence-electron chi connectivity index (χ0n) is 14.2. The Morgan fingerprint density at radius 1 is 1.17 bits per heavy atom. The second kappa shape index (κ2) is 7.57. The zero-order chi connectivity index (χ0) is 17.7. The number of hydrogen-bond acceptors (Lipinski definition) is 6. The predicted molar refractivity (Wildman–Crippen MR) is 87.0 cm³/mol. The molecule has 0 amide bonds. The highest BCUT2D eigenvalue weighted by Crippen LogP contribution is 2.21. The largest absolute Gasteiger partial charge is 0.460 e. The van der Waals surface area contributed by atoms with Gasteiger partial charge in [-0.05, 0) is 26.3 Å². The van der Waals surface area contributed by atoms with Gasteiger partial charge < -0.3 is 9.47 Å². The second-order valence-corrected chi connectivity index (χ2v) is 6.83. The van der Waals surface area contributed by atoms with Crippen LogP contribution in [0.15, 0.2) is 30.3 Å². The van der Waals surface area contributed by atoms with E-state index in [9.17, 15) is 14.4 Å². The minimum absolute atomic E-state index is 0.0208. The molecule has 2 rings (SSSR count). The van der Waals surface area contributed by atoms with Gasteiger partial charge in [0.15, 0.2) is 0 Å². The van der Waals surface area contributed by atoms with Gasteiger partial charge in [-0.1, -0.05) is 30.3 Å². The summed E-state index contributed by atoms with van der Waals surface area (Å²) in [7, 11) is 0. The molecule has 1 aromatic rings. The molecule has 1 saturated heterocycles. The third kappa shape index (κ3) is 5.16. The van der Waals surface area contributed by atoms with E-state index in [1.807, 2.05) is 30.3 Å². The molecule has 1 aromatic carbocycles. The van der Waals surface area contributed by atoms with E-state index in [1.54, 1.807) is 20.8 Å². The van der Waals surface area contributed by atoms with E-state index >= 15 is 0 Å². The lowest BCUT2D eigenvalue weighted by atomic mass is 9.90. The molecule has 0 aliphatic carbocycles. The molecule has 1 aliphatic heterocycles. The van der Waals surface area contributed by atoms with Crippen LogP contribution in [0.3, 0.4) is 0 Å². The first-order valence-electron chi connectivity index (χ1n) is 7.95. The molecule has 0 spiro atoms. The fourth-order valence-corrected chi connectivity index (χ4v) is 2.46. The van der Waals surface area contributed by atoms with Crippen molar-refractivity contribution in [3.8, 4) is 0 Å². The molecule has 0 aromatic heterocycles. The Morgan fingerprint density at radius 2 is 1.83 bits per heavy atom. The highest BCUT2D eigenvalue weighted by molar-refractivity contribution is 5.93. The molecular formula is C18H23NO5. The standard InChI is InChI=1S/C18H23NO5/c1-18(2,3)24-16(21)14-9-13(20)10-19-15(14)17(22)23-11-12-7-5-4-6-8-12/h4-8,14-15,19H,9-11H2,1-3H3/t14-,15-/m0/s1. The van der Waals surface area contributed by atoms with Crippen molar-refractivity contribution in [1.29, 1.82) is 0 Å². The van der Waals surface area contributed by atoms with Crippen LogP contribution < -0.4 is 5.32 Å². The summed E-state index contributed by atoms with van der Waals surface area (Å²) in [5.74, 6) is -2.11. The lowest BCUT2D eigenvalue weighted by Gasteiger charge is -2.31. The van der Waals surface area contributed by atoms with Crippen LogP contribution in [0, 0.1) is 5.92 Å². The van der Waals surface area contributed by atoms with Crippen molar-refractivity contribution in [2.24, 2.45) is 5.92 Å². The maximum absolute atomic E-state index is 12.4. The van der Waals surface area contributed by atoms with Crippen LogP contribution in [0.2, 0.25) is 0 Å². The fraction of sp³-hybridized carbons (Fsp3) is 0.500. The third-order valence-corrected chi connectivity index (χ3v) is 3.56. The van der Waals surface area contributed by atoms with Crippen LogP contribution in [-0.4, -0.2) is 35.9 Å². The Bertz CT molecular complexity index is 606. The van der Waals surface area contributed by atoms with E-state index in [-0.39, 0.29) is 25.4 Å². The first-order chi connectivity index (χ1) is 11.3. The van der Waals surface area contributed by atoms with Gasteiger partial charge in [0.1, 0.15) is 24.0 Å². The van der Waals surface area contributed by atoms with Crippen LogP contribution in [0.1, 0.15) is 32.8 Å². The topological polar surface area (TPSA) is 81.7 Å². The van der Waals surface area contributed by atoms with Crippen LogP contribution in [0.5, 0.6) is 0 Å². The molecule has 6 nitrogen and oxygen atoms in total. The minimum Gasteiger partial charge on any atom is -0.460 e. The minimum atomic E-state index is -0.874. The van der Waals surface area contributed by atoms with Crippen LogP contribution in [0.4, 0.5) is 0 Å². The average Bonchev–Trinajstić information content (AvgIpc) is 2.52. The molecular weight excluding hydrogens is 310 g/mol. The molecule has 1 fully saturated rings. The average molecular weight is 333 g/mol. The van der Waals surface area contributed by atoms with Gasteiger partial charge >= 0.3 is 11.9 Å². The Hall–Kier alpha value is -2.21. The predicted octanol–water partition coefficient (Wildman–Crippen LogP) is 1.62. The molecule has 0 saturated carbocycles. The number of hydrogen-bond donors (Lipinski definition) is 1. The van der Waals surface area contributed by atoms with Gasteiger partial charge in [-0.3, -0.25) is 19.7 Å². The van der Waals surface area contributed by atoms with Crippen molar-refractivity contribution in [1.82, 2.24) is 5.32 Å². The summed E-state index contributed by atoms with van der Waals surface area (Å²) >= 11 is 0. The molecule has 0 unspecified atom stereocenters. The molecule has 0 radical (unpaired) electrons. The Labute approximate surface area is 141 Å². The number of benzene rings is 1. The number of carbonyl (C=O) groups is 3. The summed E-state index contributed by atoms with van der Waals surface area (Å²) in [5, 5.41) is 2.80. The lowest BCUT2D eigenvalue weighted by molar-refractivity contribution is -0.168. The lowest BCUT2D eigenvalue weighted by Crippen LogP contribution is -2.54. The third-order valence-electron chi connectivity index (χ3n) is 3.56. The van der Waals surface area contributed by atoms with E-state index in [4.69, 9.17) is 9.47 Å². The van der Waals surface area contributed by atoms with E-state index in [2.05, 4.69) is 5.32 Å². The van der Waals surface area contributed by atoms with E-state index < -0.39 is 29.5 Å². The molecule has 1 aliphatic rings. The van der Waals surface area contributed by atoms with Crippen molar-refractivity contribution in [2.75, 3.05) is 6.54 Å². The van der Waals surface area contributed by atoms with Gasteiger partial charge in [-0.2, -0.15) is 0 Å². The number of ether oxygens (including phenoxy) is 2. The monoisotopic (exact) mass is 333 g/mol. The van der Waals surface area contributed by atoms with Crippen molar-refractivity contribution in [2.45, 2.75) is 45.4 Å². The normalized spacial score (nSPS) is 21.2. The van der Waals surface area contributed by atoms with Gasteiger partial charge in [0.05, 0.1) is 12.5 Å². The molecule has 1 N–H and O–H groups in total. The summed E-state index contributed by atoms with van der Waals surface area (Å²) in [6.45, 7) is 5.39. The van der Waals surface area contributed by atoms with E-state index in [0.717, 1.165) is 5.56 Å². The first-order valence-corrected chi connectivity index (χ1v) is 7.95. The van der Waals surface area contributed by atoms with Crippen LogP contribution in [0.25, 0.3) is 0 Å². The molecule has 130 valence electrons. The van der Waals surface area contributed by atoms with Crippen molar-refractivity contribution in [3.63, 3.8) is 0 Å². The number of ketones is 1. The van der Waals surface area contributed by atoms with Crippen molar-refractivity contribution < 1.29 is 23.9 Å². The molecule has 2 atom stereocenters. The summed E-state index contributed by atoms with van der Waals surface area (Å²) in [4.78, 5) is 36.3. The number of rotatable bonds is 4. The first kappa shape index (κ1) is 18.1. The second-order valence-electron chi connectivity index (χ2n) is 6.83. The summed E-state index contributed by atoms with van der Waals surface area (Å²) < 4.78 is 10.6. The highest BCUT2D eigenvalue weighted by atomic mass is 16.6. The van der Waals surface area contributed by atoms with Gasteiger partial charge in [-0.25, -0.2) is 0 Å². The summed E-state index contributed by atoms with van der Waals surface area (Å²) in [6.07, 6.45) is -0.0208. The number of esters is 2. The van der Waals surface area contributed by atoms with Gasteiger partial charge in [-0.15, -0.1) is 0 Å². The molecule has 1 heterocycles. The van der Waals surface area contributed by atoms with Crippen LogP contribution >= 0.6 is 0 Å². The van der Waals surface area contributed by atoms with Gasteiger partial charge in [0, 0.05) is 6.42 Å². The molecule has 24 heavy (non-hydrogen) atoms. The number of piperidine rings is 1. The zero-order valence-corrected chi connectivity index (χ0v) is 14.2. The van der Waals surface area contributed by atoms with Gasteiger partial charge in [0.2, 0.25) is 0 Å². The number of carbonyl (C=O) groups excluding carboxylic acids is 3. The Kier molecular flexibility index (Phi) is 5.72. The molecule has 6 heteroatoms. The SMILES string of the molecule is CC(C)(C)OC(=O)[C@H]1CC(=O)CN[C@@H]1C(=O)OCc1ccccc1. The molecule has 0 bridgehead atoms. The fourth-order valence-electron chi connectivity index (χ4n) is 2.46. The maximum Gasteiger partial charge on any atom is 0.324 e. The number of Topliss-reactive ketones (excluding diaryl/α,β-unsaturated/α-hetero) is 1. The quantitative estimate of drug-likeness (QED) is 0.843. The van der Waals surface area contributed by atoms with Gasteiger partial charge in [0.25, 0.3) is 0 Å². The van der Waals surface area contributed by atoms with Crippen molar-refractivity contribution in [3.05, 3.63) is 35.9 Å². The summed E-state index contributed by atoms with van der Waals surface area (Å²) in [5.41, 5.74) is 0.169. The summed E-state index contributed by atoms with van der Waals surface area (Å²) in [6, 6.07) is 8.39. The smallest absolute Gasteiger partial charge is 0.324 e. The van der Waals surface area contributed by atoms with E-state index in [1.165, 1.54) is 0 Å². The Morgan fingerprint density at radius 3 is 2.46 bits per heavy atom. The van der Waals surface area contributed by atoms with E-state index in [0.29, 0.717) is 0 Å².